The fraction of sp³-hybridized carbons (Fsp3) is 0.682. The molecule has 0 aliphatic carbocycles. The van der Waals surface area contributed by atoms with Gasteiger partial charge in [-0.05, 0) is 30.5 Å². The minimum atomic E-state index is 0. The van der Waals surface area contributed by atoms with Gasteiger partial charge in [0.05, 0.1) is 13.2 Å². The zero-order valence-electron chi connectivity index (χ0n) is 18.5. The summed E-state index contributed by atoms with van der Waals surface area (Å²) in [6.45, 7) is 10.6. The van der Waals surface area contributed by atoms with Crippen molar-refractivity contribution in [2.24, 2.45) is 4.99 Å². The lowest BCUT2D eigenvalue weighted by atomic mass is 10.2. The van der Waals surface area contributed by atoms with E-state index in [1.54, 1.807) is 7.05 Å². The Balaban J connectivity index is 0.00000450. The van der Waals surface area contributed by atoms with Crippen molar-refractivity contribution >= 4 is 29.9 Å². The predicted molar refractivity (Wildman–Crippen MR) is 133 cm³/mol. The molecular formula is C22H39IN4O3. The topological polar surface area (TPSA) is 67.3 Å². The van der Waals surface area contributed by atoms with E-state index in [0.717, 1.165) is 77.2 Å². The van der Waals surface area contributed by atoms with Crippen LogP contribution < -0.4 is 15.4 Å². The standard InChI is InChI=1S/C22H38N4O3.HI/c1-3-4-13-27-14-6-9-24-22(23-2)25-19-20-7-5-8-21(18-20)29-17-12-26-10-15-28-16-11-26;/h5,7-8,18H,3-4,6,9-17,19H2,1-2H3,(H2,23,24,25);1H. The molecule has 1 fully saturated rings. The molecule has 0 unspecified atom stereocenters. The second-order valence-corrected chi connectivity index (χ2v) is 7.12. The van der Waals surface area contributed by atoms with Crippen LogP contribution in [0.4, 0.5) is 0 Å². The second kappa shape index (κ2) is 17.6. The quantitative estimate of drug-likeness (QED) is 0.176. The molecule has 2 rings (SSSR count). The van der Waals surface area contributed by atoms with E-state index < -0.39 is 0 Å². The third-order valence-electron chi connectivity index (χ3n) is 4.76. The van der Waals surface area contributed by atoms with Crippen molar-refractivity contribution in [3.63, 3.8) is 0 Å². The van der Waals surface area contributed by atoms with Gasteiger partial charge in [0.15, 0.2) is 5.96 Å². The summed E-state index contributed by atoms with van der Waals surface area (Å²) in [4.78, 5) is 6.66. The highest BCUT2D eigenvalue weighted by molar-refractivity contribution is 14.0. The summed E-state index contributed by atoms with van der Waals surface area (Å²) in [5.41, 5.74) is 1.17. The first-order valence-electron chi connectivity index (χ1n) is 10.9. The van der Waals surface area contributed by atoms with E-state index >= 15 is 0 Å². The SMILES string of the molecule is CCCCOCCCNC(=NC)NCc1cccc(OCCN2CCOCC2)c1.I. The second-order valence-electron chi connectivity index (χ2n) is 7.12. The van der Waals surface area contributed by atoms with Crippen molar-refractivity contribution in [1.29, 1.82) is 0 Å². The number of nitrogens with zero attached hydrogens (tertiary/aromatic N) is 2. The zero-order chi connectivity index (χ0) is 20.6. The molecule has 0 saturated carbocycles. The maximum atomic E-state index is 5.93. The Morgan fingerprint density at radius 3 is 2.70 bits per heavy atom. The lowest BCUT2D eigenvalue weighted by Gasteiger charge is -2.26. The van der Waals surface area contributed by atoms with Gasteiger partial charge in [-0.25, -0.2) is 0 Å². The average molecular weight is 534 g/mol. The number of aliphatic imine (C=N–C) groups is 1. The van der Waals surface area contributed by atoms with E-state index in [0.29, 0.717) is 13.2 Å². The first kappa shape index (κ1) is 26.9. The van der Waals surface area contributed by atoms with Gasteiger partial charge in [-0.15, -0.1) is 24.0 Å². The Morgan fingerprint density at radius 2 is 1.93 bits per heavy atom. The molecule has 1 aliphatic heterocycles. The lowest BCUT2D eigenvalue weighted by molar-refractivity contribution is 0.0322. The maximum absolute atomic E-state index is 5.93. The number of morpholine rings is 1. The van der Waals surface area contributed by atoms with E-state index in [9.17, 15) is 0 Å². The van der Waals surface area contributed by atoms with Gasteiger partial charge >= 0.3 is 0 Å². The summed E-state index contributed by atoms with van der Waals surface area (Å²) >= 11 is 0. The molecule has 1 aromatic rings. The molecule has 1 saturated heterocycles. The number of halogens is 1. The number of unbranched alkanes of at least 4 members (excludes halogenated alkanes) is 1. The van der Waals surface area contributed by atoms with Crippen molar-refractivity contribution in [2.45, 2.75) is 32.7 Å². The smallest absolute Gasteiger partial charge is 0.191 e. The van der Waals surface area contributed by atoms with Crippen LogP contribution in [0.15, 0.2) is 29.3 Å². The molecule has 0 bridgehead atoms. The Bertz CT molecular complexity index is 583. The Kier molecular flexibility index (Phi) is 15.8. The summed E-state index contributed by atoms with van der Waals surface area (Å²) < 4.78 is 16.9. The molecule has 0 aromatic heterocycles. The molecule has 7 nitrogen and oxygen atoms in total. The van der Waals surface area contributed by atoms with E-state index in [-0.39, 0.29) is 24.0 Å². The normalized spacial score (nSPS) is 14.8. The van der Waals surface area contributed by atoms with Crippen LogP contribution in [-0.4, -0.2) is 77.1 Å². The van der Waals surface area contributed by atoms with Crippen LogP contribution in [0.5, 0.6) is 5.75 Å². The van der Waals surface area contributed by atoms with Gasteiger partial charge in [-0.3, -0.25) is 9.89 Å². The van der Waals surface area contributed by atoms with Gasteiger partial charge in [-0.1, -0.05) is 25.5 Å². The molecule has 0 amide bonds. The lowest BCUT2D eigenvalue weighted by Crippen LogP contribution is -2.38. The van der Waals surface area contributed by atoms with Crippen LogP contribution in [0.1, 0.15) is 31.7 Å². The Morgan fingerprint density at radius 1 is 1.13 bits per heavy atom. The summed E-state index contributed by atoms with van der Waals surface area (Å²) in [7, 11) is 1.79. The number of nitrogens with one attached hydrogen (secondary N) is 2. The van der Waals surface area contributed by atoms with Crippen molar-refractivity contribution in [2.75, 3.05) is 66.3 Å². The van der Waals surface area contributed by atoms with Crippen molar-refractivity contribution in [1.82, 2.24) is 15.5 Å². The zero-order valence-corrected chi connectivity index (χ0v) is 20.9. The van der Waals surface area contributed by atoms with Crippen LogP contribution in [0.25, 0.3) is 0 Å². The largest absolute Gasteiger partial charge is 0.492 e. The molecule has 1 aromatic carbocycles. The van der Waals surface area contributed by atoms with Crippen LogP contribution in [-0.2, 0) is 16.0 Å². The van der Waals surface area contributed by atoms with E-state index in [4.69, 9.17) is 14.2 Å². The molecule has 0 atom stereocenters. The van der Waals surface area contributed by atoms with E-state index in [1.165, 1.54) is 12.0 Å². The number of ether oxygens (including phenoxy) is 3. The highest BCUT2D eigenvalue weighted by atomic mass is 127. The highest BCUT2D eigenvalue weighted by Crippen LogP contribution is 2.13. The number of hydrogen-bond donors (Lipinski definition) is 2. The summed E-state index contributed by atoms with van der Waals surface area (Å²) in [5, 5.41) is 6.68. The average Bonchev–Trinajstić information content (AvgIpc) is 2.76. The summed E-state index contributed by atoms with van der Waals surface area (Å²) in [5.74, 6) is 1.71. The maximum Gasteiger partial charge on any atom is 0.191 e. The van der Waals surface area contributed by atoms with Crippen molar-refractivity contribution in [3.8, 4) is 5.75 Å². The van der Waals surface area contributed by atoms with Gasteiger partial charge < -0.3 is 24.8 Å². The highest BCUT2D eigenvalue weighted by Gasteiger charge is 2.09. The fourth-order valence-corrected chi connectivity index (χ4v) is 3.00. The molecule has 172 valence electrons. The Hall–Kier alpha value is -1.10. The molecule has 30 heavy (non-hydrogen) atoms. The van der Waals surface area contributed by atoms with Gasteiger partial charge in [0.2, 0.25) is 0 Å². The number of guanidine groups is 1. The summed E-state index contributed by atoms with van der Waals surface area (Å²) in [6.07, 6.45) is 3.28. The minimum absolute atomic E-state index is 0. The third kappa shape index (κ3) is 11.9. The van der Waals surface area contributed by atoms with Crippen LogP contribution in [0, 0.1) is 0 Å². The van der Waals surface area contributed by atoms with Crippen molar-refractivity contribution in [3.05, 3.63) is 29.8 Å². The molecule has 1 heterocycles. The first-order chi connectivity index (χ1) is 14.3. The third-order valence-corrected chi connectivity index (χ3v) is 4.76. The predicted octanol–water partition coefficient (Wildman–Crippen LogP) is 2.89. The van der Waals surface area contributed by atoms with Crippen LogP contribution in [0.3, 0.4) is 0 Å². The van der Waals surface area contributed by atoms with Gasteiger partial charge in [0, 0.05) is 53.0 Å². The van der Waals surface area contributed by atoms with Crippen LogP contribution >= 0.6 is 24.0 Å². The number of benzene rings is 1. The molecule has 8 heteroatoms. The van der Waals surface area contributed by atoms with Crippen molar-refractivity contribution < 1.29 is 14.2 Å². The molecule has 1 aliphatic rings. The molecule has 2 N–H and O–H groups in total. The fourth-order valence-electron chi connectivity index (χ4n) is 3.00. The first-order valence-corrected chi connectivity index (χ1v) is 10.9. The number of hydrogen-bond acceptors (Lipinski definition) is 5. The van der Waals surface area contributed by atoms with Gasteiger partial charge in [-0.2, -0.15) is 0 Å². The summed E-state index contributed by atoms with van der Waals surface area (Å²) in [6, 6.07) is 8.22. The van der Waals surface area contributed by atoms with E-state index in [2.05, 4.69) is 39.6 Å². The Labute approximate surface area is 199 Å². The number of rotatable bonds is 13. The van der Waals surface area contributed by atoms with E-state index in [1.807, 2.05) is 12.1 Å². The van der Waals surface area contributed by atoms with Crippen LogP contribution in [0.2, 0.25) is 0 Å². The molecular weight excluding hydrogens is 495 g/mol. The van der Waals surface area contributed by atoms with Gasteiger partial charge in [0.25, 0.3) is 0 Å². The molecule has 0 radical (unpaired) electrons. The minimum Gasteiger partial charge on any atom is -0.492 e. The molecule has 0 spiro atoms. The van der Waals surface area contributed by atoms with Gasteiger partial charge in [0.1, 0.15) is 12.4 Å². The monoisotopic (exact) mass is 534 g/mol.